The summed E-state index contributed by atoms with van der Waals surface area (Å²) in [7, 11) is 1.56. The number of hydrogen-bond donors (Lipinski definition) is 1. The third-order valence-electron chi connectivity index (χ3n) is 5.13. The first-order valence-electron chi connectivity index (χ1n) is 9.79. The minimum absolute atomic E-state index is 0.139. The number of hydrogen-bond acceptors (Lipinski definition) is 7. The number of rotatable bonds is 7. The number of urea groups is 1. The van der Waals surface area contributed by atoms with Gasteiger partial charge in [-0.1, -0.05) is 29.4 Å². The molecule has 9 heteroatoms. The smallest absolute Gasteiger partial charge is 0.325 e. The molecule has 2 aromatic carbocycles. The first-order chi connectivity index (χ1) is 15.0. The molecule has 0 radical (unpaired) electrons. The van der Waals surface area contributed by atoms with E-state index in [0.29, 0.717) is 35.1 Å². The van der Waals surface area contributed by atoms with Crippen molar-refractivity contribution < 1.29 is 23.6 Å². The van der Waals surface area contributed by atoms with E-state index in [-0.39, 0.29) is 12.4 Å². The number of amides is 3. The van der Waals surface area contributed by atoms with Gasteiger partial charge in [-0.25, -0.2) is 4.79 Å². The van der Waals surface area contributed by atoms with Crippen LogP contribution in [-0.4, -0.2) is 40.7 Å². The molecule has 1 saturated heterocycles. The molecule has 0 aliphatic carbocycles. The van der Waals surface area contributed by atoms with Crippen LogP contribution in [0, 0.1) is 0 Å². The van der Waals surface area contributed by atoms with Crippen molar-refractivity contribution in [2.75, 3.05) is 13.7 Å². The van der Waals surface area contributed by atoms with Gasteiger partial charge < -0.3 is 19.3 Å². The monoisotopic (exact) mass is 422 g/mol. The summed E-state index contributed by atoms with van der Waals surface area (Å²) < 4.78 is 16.1. The SMILES string of the molecule is CCOc1ccccc1-c1noc(CN2C(=O)NC(C)(c3ccc(OC)cc3)C2=O)n1. The second kappa shape index (κ2) is 8.10. The molecule has 0 bridgehead atoms. The molecule has 1 unspecified atom stereocenters. The Hall–Kier alpha value is -3.88. The highest BCUT2D eigenvalue weighted by Gasteiger charge is 2.49. The molecule has 1 atom stereocenters. The maximum absolute atomic E-state index is 13.1. The van der Waals surface area contributed by atoms with Crippen molar-refractivity contribution in [3.63, 3.8) is 0 Å². The van der Waals surface area contributed by atoms with Crippen LogP contribution in [0.1, 0.15) is 25.3 Å². The van der Waals surface area contributed by atoms with Gasteiger partial charge in [-0.3, -0.25) is 9.69 Å². The van der Waals surface area contributed by atoms with E-state index in [9.17, 15) is 9.59 Å². The van der Waals surface area contributed by atoms with E-state index in [1.165, 1.54) is 0 Å². The third kappa shape index (κ3) is 3.70. The lowest BCUT2D eigenvalue weighted by molar-refractivity contribution is -0.131. The lowest BCUT2D eigenvalue weighted by Crippen LogP contribution is -2.40. The zero-order valence-corrected chi connectivity index (χ0v) is 17.4. The zero-order chi connectivity index (χ0) is 22.0. The number of carbonyl (C=O) groups excluding carboxylic acids is 2. The number of methoxy groups -OCH3 is 1. The molecule has 9 nitrogen and oxygen atoms in total. The highest BCUT2D eigenvalue weighted by molar-refractivity contribution is 6.07. The van der Waals surface area contributed by atoms with Crippen molar-refractivity contribution >= 4 is 11.9 Å². The van der Waals surface area contributed by atoms with E-state index in [1.807, 2.05) is 31.2 Å². The average molecular weight is 422 g/mol. The van der Waals surface area contributed by atoms with E-state index in [2.05, 4.69) is 15.5 Å². The molecule has 0 saturated carbocycles. The maximum Gasteiger partial charge on any atom is 0.325 e. The molecule has 1 aliphatic heterocycles. The van der Waals surface area contributed by atoms with Crippen LogP contribution in [0.5, 0.6) is 11.5 Å². The van der Waals surface area contributed by atoms with Gasteiger partial charge in [0.15, 0.2) is 0 Å². The third-order valence-corrected chi connectivity index (χ3v) is 5.13. The summed E-state index contributed by atoms with van der Waals surface area (Å²) in [5.74, 6) is 1.34. The summed E-state index contributed by atoms with van der Waals surface area (Å²) in [5.41, 5.74) is 0.110. The van der Waals surface area contributed by atoms with E-state index < -0.39 is 17.5 Å². The van der Waals surface area contributed by atoms with Crippen LogP contribution in [0.15, 0.2) is 53.1 Å². The van der Waals surface area contributed by atoms with Gasteiger partial charge in [0.25, 0.3) is 5.91 Å². The van der Waals surface area contributed by atoms with Crippen molar-refractivity contribution in [1.82, 2.24) is 20.4 Å². The van der Waals surface area contributed by atoms with Crippen LogP contribution in [0.2, 0.25) is 0 Å². The fourth-order valence-electron chi connectivity index (χ4n) is 3.46. The Labute approximate surface area is 179 Å². The van der Waals surface area contributed by atoms with Crippen LogP contribution in [0.3, 0.4) is 0 Å². The Bertz CT molecular complexity index is 1110. The fourth-order valence-corrected chi connectivity index (χ4v) is 3.46. The minimum Gasteiger partial charge on any atom is -0.497 e. The molecule has 1 aromatic heterocycles. The Balaban J connectivity index is 1.55. The van der Waals surface area contributed by atoms with Crippen molar-refractivity contribution in [1.29, 1.82) is 0 Å². The van der Waals surface area contributed by atoms with E-state index in [4.69, 9.17) is 14.0 Å². The van der Waals surface area contributed by atoms with Crippen molar-refractivity contribution in [3.8, 4) is 22.9 Å². The number of para-hydroxylation sites is 1. The number of ether oxygens (including phenoxy) is 2. The Morgan fingerprint density at radius 3 is 2.58 bits per heavy atom. The number of aromatic nitrogens is 2. The normalized spacial score (nSPS) is 18.2. The molecule has 31 heavy (non-hydrogen) atoms. The van der Waals surface area contributed by atoms with Crippen LogP contribution < -0.4 is 14.8 Å². The average Bonchev–Trinajstić information content (AvgIpc) is 3.33. The summed E-state index contributed by atoms with van der Waals surface area (Å²) in [6.07, 6.45) is 0. The number of carbonyl (C=O) groups is 2. The minimum atomic E-state index is -1.20. The number of benzene rings is 2. The van der Waals surface area contributed by atoms with Crippen molar-refractivity contribution in [3.05, 3.63) is 60.0 Å². The Kier molecular flexibility index (Phi) is 5.33. The van der Waals surface area contributed by atoms with Gasteiger partial charge in [0.2, 0.25) is 11.7 Å². The summed E-state index contributed by atoms with van der Waals surface area (Å²) in [6, 6.07) is 13.8. The van der Waals surface area contributed by atoms with Crippen LogP contribution in [-0.2, 0) is 16.9 Å². The second-order valence-corrected chi connectivity index (χ2v) is 7.12. The van der Waals surface area contributed by atoms with Gasteiger partial charge in [-0.15, -0.1) is 0 Å². The van der Waals surface area contributed by atoms with Crippen LogP contribution >= 0.6 is 0 Å². The van der Waals surface area contributed by atoms with Gasteiger partial charge in [0.05, 0.1) is 19.3 Å². The van der Waals surface area contributed by atoms with Gasteiger partial charge >= 0.3 is 6.03 Å². The Morgan fingerprint density at radius 2 is 1.87 bits per heavy atom. The molecule has 0 spiro atoms. The highest BCUT2D eigenvalue weighted by atomic mass is 16.5. The zero-order valence-electron chi connectivity index (χ0n) is 17.4. The largest absolute Gasteiger partial charge is 0.497 e. The molecule has 160 valence electrons. The lowest BCUT2D eigenvalue weighted by atomic mass is 9.92. The van der Waals surface area contributed by atoms with Gasteiger partial charge in [-0.05, 0) is 43.7 Å². The molecule has 1 N–H and O–H groups in total. The number of nitrogens with one attached hydrogen (secondary N) is 1. The lowest BCUT2D eigenvalue weighted by Gasteiger charge is -2.22. The van der Waals surface area contributed by atoms with Crippen molar-refractivity contribution in [2.24, 2.45) is 0 Å². The van der Waals surface area contributed by atoms with E-state index in [0.717, 1.165) is 4.90 Å². The molecule has 1 fully saturated rings. The van der Waals surface area contributed by atoms with E-state index >= 15 is 0 Å². The summed E-state index contributed by atoms with van der Waals surface area (Å²) >= 11 is 0. The molecular weight excluding hydrogens is 400 g/mol. The number of imide groups is 1. The topological polar surface area (TPSA) is 107 Å². The standard InChI is InChI=1S/C22H22N4O5/c1-4-30-17-8-6-5-7-16(17)19-23-18(31-25-19)13-26-20(27)22(2,24-21(26)28)14-9-11-15(29-3)12-10-14/h5-12H,4,13H2,1-3H3,(H,24,28). The molecule has 4 rings (SSSR count). The van der Waals surface area contributed by atoms with Gasteiger partial charge in [-0.2, -0.15) is 4.98 Å². The highest BCUT2D eigenvalue weighted by Crippen LogP contribution is 2.32. The molecule has 2 heterocycles. The summed E-state index contributed by atoms with van der Waals surface area (Å²) in [6.45, 7) is 3.90. The van der Waals surface area contributed by atoms with Crippen LogP contribution in [0.25, 0.3) is 11.4 Å². The second-order valence-electron chi connectivity index (χ2n) is 7.12. The summed E-state index contributed by atoms with van der Waals surface area (Å²) in [4.78, 5) is 31.1. The van der Waals surface area contributed by atoms with Gasteiger partial charge in [0.1, 0.15) is 23.6 Å². The summed E-state index contributed by atoms with van der Waals surface area (Å²) in [5, 5.41) is 6.74. The fraction of sp³-hybridized carbons (Fsp3) is 0.273. The first kappa shape index (κ1) is 20.4. The predicted molar refractivity (Wildman–Crippen MR) is 110 cm³/mol. The van der Waals surface area contributed by atoms with Crippen molar-refractivity contribution in [2.45, 2.75) is 25.9 Å². The van der Waals surface area contributed by atoms with E-state index in [1.54, 1.807) is 38.3 Å². The van der Waals surface area contributed by atoms with Crippen LogP contribution in [0.4, 0.5) is 4.79 Å². The van der Waals surface area contributed by atoms with Gasteiger partial charge in [0, 0.05) is 0 Å². The number of nitrogens with zero attached hydrogens (tertiary/aromatic N) is 3. The predicted octanol–water partition coefficient (Wildman–Crippen LogP) is 3.11. The Morgan fingerprint density at radius 1 is 1.13 bits per heavy atom. The molecule has 3 aromatic rings. The first-order valence-corrected chi connectivity index (χ1v) is 9.79. The maximum atomic E-state index is 13.1. The molecular formula is C22H22N4O5. The quantitative estimate of drug-likeness (QED) is 0.583. The molecule has 1 aliphatic rings. The molecule has 3 amide bonds.